The van der Waals surface area contributed by atoms with Gasteiger partial charge in [0.2, 0.25) is 0 Å². The molecule has 1 aliphatic heterocycles. The average molecular weight is 349 g/mol. The van der Waals surface area contributed by atoms with Gasteiger partial charge in [-0.1, -0.05) is 15.9 Å². The van der Waals surface area contributed by atoms with Gasteiger partial charge in [0, 0.05) is 6.20 Å². The predicted octanol–water partition coefficient (Wildman–Crippen LogP) is -1.49. The monoisotopic (exact) mass is 348 g/mol. The summed E-state index contributed by atoms with van der Waals surface area (Å²) in [7, 11) is 0. The number of nitrogens with zero attached hydrogens (tertiary/aromatic N) is 1. The molecule has 4 atom stereocenters. The van der Waals surface area contributed by atoms with E-state index in [-0.39, 0.29) is 5.56 Å². The van der Waals surface area contributed by atoms with Crippen molar-refractivity contribution in [3.05, 3.63) is 37.6 Å². The molecule has 4 N–H and O–H groups in total. The molecule has 0 bridgehead atoms. The number of ether oxygens (including phenoxy) is 1. The molecule has 0 amide bonds. The molecule has 1 aliphatic rings. The van der Waals surface area contributed by atoms with E-state index in [2.05, 4.69) is 20.9 Å². The maximum absolute atomic E-state index is 11.8. The van der Waals surface area contributed by atoms with Crippen molar-refractivity contribution in [2.45, 2.75) is 24.5 Å². The summed E-state index contributed by atoms with van der Waals surface area (Å²) in [5, 5.41) is 28.5. The van der Waals surface area contributed by atoms with Crippen molar-refractivity contribution in [2.24, 2.45) is 0 Å². The molecule has 0 spiro atoms. The summed E-state index contributed by atoms with van der Waals surface area (Å²) in [5.74, 6) is 0. The molecule has 2 heterocycles. The first-order valence-corrected chi connectivity index (χ1v) is 6.66. The van der Waals surface area contributed by atoms with E-state index in [0.717, 1.165) is 4.57 Å². The summed E-state index contributed by atoms with van der Waals surface area (Å²) < 4.78 is 6.20. The van der Waals surface area contributed by atoms with Gasteiger partial charge >= 0.3 is 5.69 Å². The lowest BCUT2D eigenvalue weighted by Gasteiger charge is -2.17. The van der Waals surface area contributed by atoms with E-state index < -0.39 is 42.4 Å². The Bertz CT molecular complexity index is 624. The third-order valence-corrected chi connectivity index (χ3v) is 3.29. The first kappa shape index (κ1) is 15.1. The highest BCUT2D eigenvalue weighted by molar-refractivity contribution is 9.11. The molecule has 0 radical (unpaired) electrons. The van der Waals surface area contributed by atoms with Crippen molar-refractivity contribution in [1.29, 1.82) is 0 Å². The second-order valence-electron chi connectivity index (χ2n) is 4.27. The summed E-state index contributed by atoms with van der Waals surface area (Å²) in [6, 6.07) is 0. The molecule has 110 valence electrons. The topological polar surface area (TPSA) is 125 Å². The Morgan fingerprint density at radius 2 is 2.10 bits per heavy atom. The minimum Gasteiger partial charge on any atom is -0.394 e. The van der Waals surface area contributed by atoms with Crippen LogP contribution in [0, 0.1) is 0 Å². The molecule has 0 aromatic carbocycles. The minimum absolute atomic E-state index is 0.166. The Kier molecular flexibility index (Phi) is 4.55. The SMILES string of the molecule is O=c1[nH]c(=O)n([C@@H]2O[C@H](CO)[C@@H](O)[C@H]2O)cc1C=CBr. The van der Waals surface area contributed by atoms with Crippen LogP contribution in [-0.2, 0) is 4.74 Å². The van der Waals surface area contributed by atoms with Crippen LogP contribution in [0.25, 0.3) is 6.08 Å². The number of aromatic nitrogens is 2. The molecule has 1 aromatic rings. The smallest absolute Gasteiger partial charge is 0.330 e. The molecule has 8 nitrogen and oxygen atoms in total. The van der Waals surface area contributed by atoms with Gasteiger partial charge in [0.25, 0.3) is 5.56 Å². The Morgan fingerprint density at radius 1 is 1.40 bits per heavy atom. The van der Waals surface area contributed by atoms with Gasteiger partial charge in [-0.25, -0.2) is 4.79 Å². The third-order valence-electron chi connectivity index (χ3n) is 3.03. The normalized spacial score (nSPS) is 30.2. The fraction of sp³-hybridized carbons (Fsp3) is 0.455. The Labute approximate surface area is 121 Å². The lowest BCUT2D eigenvalue weighted by atomic mass is 10.1. The zero-order valence-electron chi connectivity index (χ0n) is 10.1. The fourth-order valence-electron chi connectivity index (χ4n) is 1.99. The van der Waals surface area contributed by atoms with E-state index in [1.54, 1.807) is 0 Å². The molecule has 1 saturated heterocycles. The van der Waals surface area contributed by atoms with E-state index in [4.69, 9.17) is 9.84 Å². The van der Waals surface area contributed by atoms with Gasteiger partial charge in [0.1, 0.15) is 18.3 Å². The first-order valence-electron chi connectivity index (χ1n) is 5.74. The predicted molar refractivity (Wildman–Crippen MR) is 72.3 cm³/mol. The number of hydrogen-bond donors (Lipinski definition) is 4. The van der Waals surface area contributed by atoms with Crippen LogP contribution in [0.15, 0.2) is 20.8 Å². The fourth-order valence-corrected chi connectivity index (χ4v) is 2.27. The van der Waals surface area contributed by atoms with Crippen molar-refractivity contribution in [3.63, 3.8) is 0 Å². The lowest BCUT2D eigenvalue weighted by Crippen LogP contribution is -2.38. The standard InChI is InChI=1S/C11H13BrN2O6/c12-2-1-5-3-14(11(19)13-9(5)18)10-8(17)7(16)6(4-15)20-10/h1-3,6-8,10,15-17H,4H2,(H,13,18,19)/t6-,7-,8-,10-/m1/s1. The lowest BCUT2D eigenvalue weighted by molar-refractivity contribution is -0.0550. The molecule has 0 unspecified atom stereocenters. The zero-order valence-corrected chi connectivity index (χ0v) is 11.7. The minimum atomic E-state index is -1.39. The van der Waals surface area contributed by atoms with Crippen LogP contribution >= 0.6 is 15.9 Å². The van der Waals surface area contributed by atoms with Crippen LogP contribution in [0.1, 0.15) is 11.8 Å². The quantitative estimate of drug-likeness (QED) is 0.527. The van der Waals surface area contributed by atoms with Gasteiger partial charge in [-0.15, -0.1) is 0 Å². The highest BCUT2D eigenvalue weighted by Gasteiger charge is 2.43. The Balaban J connectivity index is 2.46. The maximum atomic E-state index is 11.8. The number of nitrogens with one attached hydrogen (secondary N) is 1. The van der Waals surface area contributed by atoms with Crippen LogP contribution in [0.3, 0.4) is 0 Å². The molecule has 2 rings (SSSR count). The largest absolute Gasteiger partial charge is 0.394 e. The van der Waals surface area contributed by atoms with Crippen LogP contribution in [0.5, 0.6) is 0 Å². The number of halogens is 1. The summed E-state index contributed by atoms with van der Waals surface area (Å²) in [5.41, 5.74) is -1.20. The van der Waals surface area contributed by atoms with Gasteiger partial charge in [-0.2, -0.15) is 0 Å². The van der Waals surface area contributed by atoms with Crippen molar-refractivity contribution < 1.29 is 20.1 Å². The van der Waals surface area contributed by atoms with E-state index >= 15 is 0 Å². The first-order chi connectivity index (χ1) is 9.49. The van der Waals surface area contributed by atoms with Gasteiger partial charge in [0.05, 0.1) is 12.2 Å². The molecular weight excluding hydrogens is 336 g/mol. The number of aromatic amines is 1. The number of aliphatic hydroxyl groups is 3. The van der Waals surface area contributed by atoms with Gasteiger partial charge in [-0.3, -0.25) is 14.3 Å². The number of hydrogen-bond acceptors (Lipinski definition) is 6. The van der Waals surface area contributed by atoms with Gasteiger partial charge < -0.3 is 20.1 Å². The summed E-state index contributed by atoms with van der Waals surface area (Å²) in [6.07, 6.45) is -2.27. The molecule has 0 aliphatic carbocycles. The van der Waals surface area contributed by atoms with Crippen molar-refractivity contribution in [3.8, 4) is 0 Å². The number of rotatable bonds is 3. The van der Waals surface area contributed by atoms with Crippen molar-refractivity contribution in [1.82, 2.24) is 9.55 Å². The number of aliphatic hydroxyl groups excluding tert-OH is 3. The average Bonchev–Trinajstić information content (AvgIpc) is 2.70. The van der Waals surface area contributed by atoms with Crippen LogP contribution < -0.4 is 11.2 Å². The Hall–Kier alpha value is -1.26. The van der Waals surface area contributed by atoms with Crippen molar-refractivity contribution in [2.75, 3.05) is 6.61 Å². The van der Waals surface area contributed by atoms with Crippen molar-refractivity contribution >= 4 is 22.0 Å². The highest BCUT2D eigenvalue weighted by Crippen LogP contribution is 2.27. The zero-order chi connectivity index (χ0) is 14.9. The van der Waals surface area contributed by atoms with Gasteiger partial charge in [0.15, 0.2) is 6.23 Å². The van der Waals surface area contributed by atoms with E-state index in [9.17, 15) is 19.8 Å². The summed E-state index contributed by atoms with van der Waals surface area (Å²) in [6.45, 7) is -0.499. The van der Waals surface area contributed by atoms with Gasteiger partial charge in [-0.05, 0) is 11.1 Å². The van der Waals surface area contributed by atoms with E-state index in [1.165, 1.54) is 17.3 Å². The van der Waals surface area contributed by atoms with E-state index in [1.807, 2.05) is 0 Å². The molecule has 9 heteroatoms. The highest BCUT2D eigenvalue weighted by atomic mass is 79.9. The van der Waals surface area contributed by atoms with E-state index in [0.29, 0.717) is 0 Å². The molecule has 1 fully saturated rings. The molecule has 20 heavy (non-hydrogen) atoms. The molecule has 1 aromatic heterocycles. The molecular formula is C11H13BrN2O6. The third kappa shape index (κ3) is 2.63. The summed E-state index contributed by atoms with van der Waals surface area (Å²) in [4.78, 5) is 26.8. The summed E-state index contributed by atoms with van der Waals surface area (Å²) >= 11 is 3.01. The number of H-pyrrole nitrogens is 1. The van der Waals surface area contributed by atoms with Crippen LogP contribution in [-0.4, -0.2) is 49.8 Å². The van der Waals surface area contributed by atoms with Crippen LogP contribution in [0.4, 0.5) is 0 Å². The second kappa shape index (κ2) is 6.02. The van der Waals surface area contributed by atoms with Crippen LogP contribution in [0.2, 0.25) is 0 Å². The maximum Gasteiger partial charge on any atom is 0.330 e. The molecule has 0 saturated carbocycles. The Morgan fingerprint density at radius 3 is 2.65 bits per heavy atom. The second-order valence-corrected chi connectivity index (χ2v) is 4.80.